The molecule has 2 rings (SSSR count). The van der Waals surface area contributed by atoms with Crippen molar-refractivity contribution in [1.29, 1.82) is 0 Å². The second-order valence-electron chi connectivity index (χ2n) is 8.76. The molecule has 2 N–H and O–H groups in total. The van der Waals surface area contributed by atoms with Crippen LogP contribution in [-0.4, -0.2) is 31.1 Å². The van der Waals surface area contributed by atoms with E-state index < -0.39 is 53.4 Å². The molecule has 33 heavy (non-hydrogen) atoms. The molecule has 0 heterocycles. The van der Waals surface area contributed by atoms with E-state index in [0.29, 0.717) is 31.4 Å². The molecular weight excluding hydrogens is 454 g/mol. The molecular formula is C22H28F6N2O3. The summed E-state index contributed by atoms with van der Waals surface area (Å²) in [5, 5.41) is 5.65. The van der Waals surface area contributed by atoms with E-state index in [1.54, 1.807) is 6.92 Å². The lowest BCUT2D eigenvalue weighted by Gasteiger charge is -2.32. The zero-order chi connectivity index (χ0) is 25.2. The monoisotopic (exact) mass is 482 g/mol. The van der Waals surface area contributed by atoms with E-state index in [1.807, 2.05) is 13.8 Å². The highest BCUT2D eigenvalue weighted by Crippen LogP contribution is 2.45. The summed E-state index contributed by atoms with van der Waals surface area (Å²) in [7, 11) is 1.26. The van der Waals surface area contributed by atoms with E-state index in [0.717, 1.165) is 0 Å². The number of alkyl halides is 6. The molecule has 0 spiro atoms. The molecule has 186 valence electrons. The van der Waals surface area contributed by atoms with E-state index in [4.69, 9.17) is 0 Å². The Kier molecular flexibility index (Phi) is 8.09. The van der Waals surface area contributed by atoms with Crippen LogP contribution in [-0.2, 0) is 33.2 Å². The van der Waals surface area contributed by atoms with Crippen molar-refractivity contribution in [3.8, 4) is 0 Å². The third-order valence-corrected chi connectivity index (χ3v) is 6.25. The van der Waals surface area contributed by atoms with Crippen LogP contribution >= 0.6 is 0 Å². The topological polar surface area (TPSA) is 67.4 Å². The van der Waals surface area contributed by atoms with Gasteiger partial charge in [-0.2, -0.15) is 26.3 Å². The van der Waals surface area contributed by atoms with Crippen molar-refractivity contribution in [1.82, 2.24) is 10.6 Å². The van der Waals surface area contributed by atoms with Crippen LogP contribution in [0.15, 0.2) is 18.2 Å². The Morgan fingerprint density at radius 3 is 2.06 bits per heavy atom. The SMILES string of the molecule is COC(=O)C(C)N[C@@H]1CC[C@@](C(=O)NCc2cc(C(F)(F)F)cc(C(F)(F)F)c2)(C(C)C)C1. The van der Waals surface area contributed by atoms with Crippen molar-refractivity contribution in [3.05, 3.63) is 34.9 Å². The van der Waals surface area contributed by atoms with Crippen LogP contribution in [0.1, 0.15) is 56.7 Å². The van der Waals surface area contributed by atoms with Gasteiger partial charge in [0.2, 0.25) is 5.91 Å². The average Bonchev–Trinajstić information content (AvgIpc) is 3.15. The third-order valence-electron chi connectivity index (χ3n) is 6.25. The summed E-state index contributed by atoms with van der Waals surface area (Å²) >= 11 is 0. The number of methoxy groups -OCH3 is 1. The normalized spacial score (nSPS) is 22.3. The first kappa shape index (κ1) is 26.9. The number of benzene rings is 1. The van der Waals surface area contributed by atoms with Gasteiger partial charge < -0.3 is 15.4 Å². The first-order chi connectivity index (χ1) is 15.1. The largest absolute Gasteiger partial charge is 0.468 e. The standard InChI is InChI=1S/C22H28F6N2O3/c1-12(2)20(6-5-17(10-20)30-13(3)18(31)33-4)19(32)29-11-14-7-15(21(23,24)25)9-16(8-14)22(26,27)28/h7-9,12-13,17,30H,5-6,10-11H2,1-4H3,(H,29,32)/t13?,17-,20+/m1/s1. The molecule has 1 aliphatic rings. The molecule has 0 bridgehead atoms. The average molecular weight is 482 g/mol. The number of esters is 1. The predicted octanol–water partition coefficient (Wildman–Crippen LogP) is 4.69. The van der Waals surface area contributed by atoms with E-state index in [1.165, 1.54) is 7.11 Å². The fraction of sp³-hybridized carbons (Fsp3) is 0.636. The van der Waals surface area contributed by atoms with Gasteiger partial charge in [0.05, 0.1) is 23.7 Å². The minimum absolute atomic E-state index is 0.0522. The number of carbonyl (C=O) groups excluding carboxylic acids is 2. The lowest BCUT2D eigenvalue weighted by atomic mass is 9.74. The molecule has 1 amide bonds. The second-order valence-corrected chi connectivity index (χ2v) is 8.76. The molecule has 1 aromatic rings. The summed E-state index contributed by atoms with van der Waals surface area (Å²) < 4.78 is 83.2. The number of nitrogens with one attached hydrogen (secondary N) is 2. The Balaban J connectivity index is 2.19. The second kappa shape index (κ2) is 9.90. The highest BCUT2D eigenvalue weighted by Gasteiger charge is 2.48. The smallest absolute Gasteiger partial charge is 0.416 e. The first-order valence-corrected chi connectivity index (χ1v) is 10.5. The van der Waals surface area contributed by atoms with Gasteiger partial charge in [0.1, 0.15) is 6.04 Å². The molecule has 0 radical (unpaired) electrons. The van der Waals surface area contributed by atoms with Crippen molar-refractivity contribution in [3.63, 3.8) is 0 Å². The number of amides is 1. The molecule has 1 fully saturated rings. The molecule has 1 saturated carbocycles. The first-order valence-electron chi connectivity index (χ1n) is 10.5. The quantitative estimate of drug-likeness (QED) is 0.437. The van der Waals surface area contributed by atoms with Crippen LogP contribution in [0, 0.1) is 11.3 Å². The Bertz CT molecular complexity index is 836. The van der Waals surface area contributed by atoms with Crippen LogP contribution in [0.2, 0.25) is 0 Å². The fourth-order valence-corrected chi connectivity index (χ4v) is 4.29. The molecule has 1 aromatic carbocycles. The lowest BCUT2D eigenvalue weighted by Crippen LogP contribution is -2.45. The van der Waals surface area contributed by atoms with Gasteiger partial charge in [-0.15, -0.1) is 0 Å². The van der Waals surface area contributed by atoms with Crippen molar-refractivity contribution in [2.24, 2.45) is 11.3 Å². The maximum absolute atomic E-state index is 13.1. The number of halogens is 6. The maximum Gasteiger partial charge on any atom is 0.416 e. The van der Waals surface area contributed by atoms with Gasteiger partial charge in [-0.1, -0.05) is 13.8 Å². The highest BCUT2D eigenvalue weighted by molar-refractivity contribution is 5.83. The van der Waals surface area contributed by atoms with E-state index in [2.05, 4.69) is 15.4 Å². The molecule has 0 aromatic heterocycles. The van der Waals surface area contributed by atoms with Gasteiger partial charge in [-0.3, -0.25) is 9.59 Å². The number of carbonyl (C=O) groups is 2. The van der Waals surface area contributed by atoms with Gasteiger partial charge in [-0.05, 0) is 55.9 Å². The van der Waals surface area contributed by atoms with E-state index in [9.17, 15) is 35.9 Å². The van der Waals surface area contributed by atoms with Crippen molar-refractivity contribution in [2.45, 2.75) is 71.0 Å². The number of ether oxygens (including phenoxy) is 1. The predicted molar refractivity (Wildman–Crippen MR) is 108 cm³/mol. The Morgan fingerprint density at radius 1 is 1.06 bits per heavy atom. The van der Waals surface area contributed by atoms with Gasteiger partial charge in [0, 0.05) is 12.6 Å². The van der Waals surface area contributed by atoms with Gasteiger partial charge >= 0.3 is 18.3 Å². The Morgan fingerprint density at radius 2 is 1.61 bits per heavy atom. The number of hydrogen-bond donors (Lipinski definition) is 2. The maximum atomic E-state index is 13.1. The minimum Gasteiger partial charge on any atom is -0.468 e. The van der Waals surface area contributed by atoms with Crippen molar-refractivity contribution in [2.75, 3.05) is 7.11 Å². The summed E-state index contributed by atoms with van der Waals surface area (Å²) in [4.78, 5) is 24.8. The molecule has 5 nitrogen and oxygen atoms in total. The molecule has 3 atom stereocenters. The van der Waals surface area contributed by atoms with Crippen LogP contribution in [0.4, 0.5) is 26.3 Å². The zero-order valence-electron chi connectivity index (χ0n) is 18.8. The summed E-state index contributed by atoms with van der Waals surface area (Å²) in [6, 6.07) is 0.509. The van der Waals surface area contributed by atoms with Crippen LogP contribution in [0.3, 0.4) is 0 Å². The Hall–Kier alpha value is -2.30. The summed E-state index contributed by atoms with van der Waals surface area (Å²) in [5.74, 6) is -1.05. The van der Waals surface area contributed by atoms with Gasteiger partial charge in [0.15, 0.2) is 0 Å². The molecule has 1 unspecified atom stereocenters. The summed E-state index contributed by atoms with van der Waals surface area (Å²) in [6.07, 6.45) is -8.51. The van der Waals surface area contributed by atoms with E-state index >= 15 is 0 Å². The highest BCUT2D eigenvalue weighted by atomic mass is 19.4. The zero-order valence-corrected chi connectivity index (χ0v) is 18.8. The van der Waals surface area contributed by atoms with Crippen molar-refractivity contribution < 1.29 is 40.7 Å². The van der Waals surface area contributed by atoms with E-state index in [-0.39, 0.29) is 23.6 Å². The molecule has 0 aliphatic heterocycles. The minimum atomic E-state index is -4.96. The van der Waals surface area contributed by atoms with Gasteiger partial charge in [0.25, 0.3) is 0 Å². The number of hydrogen-bond acceptors (Lipinski definition) is 4. The lowest BCUT2D eigenvalue weighted by molar-refractivity contribution is -0.144. The van der Waals surface area contributed by atoms with Crippen LogP contribution < -0.4 is 10.6 Å². The summed E-state index contributed by atoms with van der Waals surface area (Å²) in [6.45, 7) is 4.82. The Labute approximate surface area is 188 Å². The summed E-state index contributed by atoms with van der Waals surface area (Å²) in [5.41, 5.74) is -4.03. The molecule has 0 saturated heterocycles. The van der Waals surface area contributed by atoms with Gasteiger partial charge in [-0.25, -0.2) is 0 Å². The van der Waals surface area contributed by atoms with Crippen molar-refractivity contribution >= 4 is 11.9 Å². The number of rotatable bonds is 7. The fourth-order valence-electron chi connectivity index (χ4n) is 4.29. The third kappa shape index (κ3) is 6.39. The van der Waals surface area contributed by atoms with Crippen LogP contribution in [0.5, 0.6) is 0 Å². The molecule has 11 heteroatoms. The molecule has 1 aliphatic carbocycles. The van der Waals surface area contributed by atoms with Crippen LogP contribution in [0.25, 0.3) is 0 Å².